The van der Waals surface area contributed by atoms with Crippen molar-refractivity contribution in [3.05, 3.63) is 52.0 Å². The number of hydrogen-bond acceptors (Lipinski definition) is 2. The summed E-state index contributed by atoms with van der Waals surface area (Å²) in [7, 11) is 0. The molecule has 1 aromatic carbocycles. The van der Waals surface area contributed by atoms with Gasteiger partial charge in [-0.25, -0.2) is 4.39 Å². The molecule has 1 heterocycles. The molecule has 5 heteroatoms. The molecular formula is C16H19BrFN3. The summed E-state index contributed by atoms with van der Waals surface area (Å²) in [6.07, 6.45) is 7.52. The molecule has 1 aliphatic carbocycles. The molecule has 0 amide bonds. The first-order valence-corrected chi connectivity index (χ1v) is 8.18. The van der Waals surface area contributed by atoms with E-state index in [1.807, 2.05) is 23.0 Å². The van der Waals surface area contributed by atoms with Crippen molar-refractivity contribution in [3.63, 3.8) is 0 Å². The van der Waals surface area contributed by atoms with Crippen LogP contribution in [0, 0.1) is 5.82 Å². The molecule has 0 spiro atoms. The zero-order valence-electron chi connectivity index (χ0n) is 11.8. The maximum absolute atomic E-state index is 13.9. The maximum Gasteiger partial charge on any atom is 0.129 e. The van der Waals surface area contributed by atoms with Gasteiger partial charge in [-0.1, -0.05) is 34.8 Å². The average Bonchev–Trinajstić information content (AvgIpc) is 3.08. The molecule has 112 valence electrons. The number of halogens is 2. The molecule has 1 aliphatic rings. The van der Waals surface area contributed by atoms with Gasteiger partial charge in [-0.3, -0.25) is 4.68 Å². The Morgan fingerprint density at radius 3 is 2.81 bits per heavy atom. The number of rotatable bonds is 4. The van der Waals surface area contributed by atoms with Crippen LogP contribution in [0.2, 0.25) is 0 Å². The second kappa shape index (κ2) is 6.28. The van der Waals surface area contributed by atoms with Gasteiger partial charge in [-0.15, -0.1) is 0 Å². The fourth-order valence-corrected chi connectivity index (χ4v) is 3.69. The van der Waals surface area contributed by atoms with Crippen LogP contribution >= 0.6 is 15.9 Å². The molecule has 1 saturated carbocycles. The summed E-state index contributed by atoms with van der Waals surface area (Å²) in [6, 6.07) is 7.05. The molecule has 1 fully saturated rings. The Balaban J connectivity index is 1.74. The first-order chi connectivity index (χ1) is 10.1. The Labute approximate surface area is 132 Å². The molecule has 0 bridgehead atoms. The van der Waals surface area contributed by atoms with Gasteiger partial charge in [-0.2, -0.15) is 5.10 Å². The van der Waals surface area contributed by atoms with E-state index in [-0.39, 0.29) is 5.82 Å². The lowest BCUT2D eigenvalue weighted by Crippen LogP contribution is -2.16. The molecule has 1 unspecified atom stereocenters. The molecule has 0 radical (unpaired) electrons. The third-order valence-electron chi connectivity index (χ3n) is 4.16. The van der Waals surface area contributed by atoms with Crippen LogP contribution in [-0.2, 0) is 6.42 Å². The minimum Gasteiger partial charge on any atom is -0.323 e. The second-order valence-corrected chi connectivity index (χ2v) is 6.53. The van der Waals surface area contributed by atoms with Crippen LogP contribution in [0.15, 0.2) is 34.9 Å². The van der Waals surface area contributed by atoms with Crippen LogP contribution in [0.4, 0.5) is 4.39 Å². The Morgan fingerprint density at radius 1 is 1.33 bits per heavy atom. The van der Waals surface area contributed by atoms with Crippen LogP contribution < -0.4 is 5.73 Å². The van der Waals surface area contributed by atoms with E-state index in [9.17, 15) is 4.39 Å². The number of aromatic nitrogens is 2. The van der Waals surface area contributed by atoms with E-state index in [0.717, 1.165) is 5.69 Å². The van der Waals surface area contributed by atoms with E-state index >= 15 is 0 Å². The Morgan fingerprint density at radius 2 is 2.10 bits per heavy atom. The van der Waals surface area contributed by atoms with Gasteiger partial charge < -0.3 is 5.73 Å². The van der Waals surface area contributed by atoms with Gasteiger partial charge in [0.2, 0.25) is 0 Å². The predicted octanol–water partition coefficient (Wildman–Crippen LogP) is 4.14. The summed E-state index contributed by atoms with van der Waals surface area (Å²) in [5.74, 6) is -0.271. The third-order valence-corrected chi connectivity index (χ3v) is 4.85. The van der Waals surface area contributed by atoms with Crippen molar-refractivity contribution in [3.8, 4) is 0 Å². The van der Waals surface area contributed by atoms with Gasteiger partial charge in [0.15, 0.2) is 0 Å². The van der Waals surface area contributed by atoms with E-state index in [4.69, 9.17) is 5.73 Å². The van der Waals surface area contributed by atoms with Crippen LogP contribution in [0.5, 0.6) is 0 Å². The summed E-state index contributed by atoms with van der Waals surface area (Å²) < 4.78 is 16.7. The van der Waals surface area contributed by atoms with Gasteiger partial charge in [0.05, 0.1) is 11.7 Å². The average molecular weight is 352 g/mol. The van der Waals surface area contributed by atoms with Gasteiger partial charge in [0.25, 0.3) is 0 Å². The molecule has 1 aromatic heterocycles. The summed E-state index contributed by atoms with van der Waals surface area (Å²) in [6.45, 7) is 0. The molecule has 3 rings (SSSR count). The van der Waals surface area contributed by atoms with Crippen LogP contribution in [0.1, 0.15) is 49.0 Å². The quantitative estimate of drug-likeness (QED) is 0.899. The fourth-order valence-electron chi connectivity index (χ4n) is 3.05. The molecule has 0 saturated heterocycles. The predicted molar refractivity (Wildman–Crippen MR) is 84.5 cm³/mol. The van der Waals surface area contributed by atoms with Crippen molar-refractivity contribution >= 4 is 15.9 Å². The van der Waals surface area contributed by atoms with Crippen molar-refractivity contribution in [2.24, 2.45) is 5.73 Å². The number of benzene rings is 1. The highest BCUT2D eigenvalue weighted by molar-refractivity contribution is 9.10. The zero-order chi connectivity index (χ0) is 14.8. The zero-order valence-corrected chi connectivity index (χ0v) is 13.4. The van der Waals surface area contributed by atoms with Crippen molar-refractivity contribution in [2.45, 2.75) is 44.2 Å². The highest BCUT2D eigenvalue weighted by atomic mass is 79.9. The van der Waals surface area contributed by atoms with Gasteiger partial charge in [0.1, 0.15) is 5.82 Å². The van der Waals surface area contributed by atoms with Gasteiger partial charge in [-0.05, 0) is 31.0 Å². The van der Waals surface area contributed by atoms with Crippen LogP contribution in [-0.4, -0.2) is 9.78 Å². The van der Waals surface area contributed by atoms with E-state index in [1.165, 1.54) is 31.7 Å². The first kappa shape index (κ1) is 14.7. The fraction of sp³-hybridized carbons (Fsp3) is 0.438. The summed E-state index contributed by atoms with van der Waals surface area (Å²) in [4.78, 5) is 0. The van der Waals surface area contributed by atoms with Gasteiger partial charge in [0, 0.05) is 28.7 Å². The number of hydrogen-bond donors (Lipinski definition) is 1. The van der Waals surface area contributed by atoms with E-state index in [1.54, 1.807) is 6.07 Å². The van der Waals surface area contributed by atoms with E-state index in [0.29, 0.717) is 22.5 Å². The second-order valence-electron chi connectivity index (χ2n) is 5.67. The molecule has 1 atom stereocenters. The minimum atomic E-state index is -0.396. The lowest BCUT2D eigenvalue weighted by Gasteiger charge is -2.14. The third kappa shape index (κ3) is 3.19. The monoisotopic (exact) mass is 351 g/mol. The Hall–Kier alpha value is -1.20. The molecule has 21 heavy (non-hydrogen) atoms. The Bertz CT molecular complexity index is 599. The van der Waals surface area contributed by atoms with Crippen molar-refractivity contribution in [1.82, 2.24) is 9.78 Å². The summed E-state index contributed by atoms with van der Waals surface area (Å²) >= 11 is 3.37. The highest BCUT2D eigenvalue weighted by Gasteiger charge is 2.20. The molecule has 3 nitrogen and oxygen atoms in total. The number of nitrogens with zero attached hydrogens (tertiary/aromatic N) is 2. The first-order valence-electron chi connectivity index (χ1n) is 7.38. The molecular weight excluding hydrogens is 333 g/mol. The van der Waals surface area contributed by atoms with E-state index < -0.39 is 6.04 Å². The normalized spacial score (nSPS) is 17.3. The lowest BCUT2D eigenvalue weighted by molar-refractivity contribution is 0.460. The lowest BCUT2D eigenvalue weighted by atomic mass is 10.0. The topological polar surface area (TPSA) is 43.8 Å². The van der Waals surface area contributed by atoms with Gasteiger partial charge >= 0.3 is 0 Å². The standard InChI is InChI=1S/C16H19BrFN3/c17-13-6-3-7-14(18)16(13)15(19)10-11-8-9-21(20-11)12-4-1-2-5-12/h3,6-9,12,15H,1-2,4-5,10,19H2. The van der Waals surface area contributed by atoms with Crippen molar-refractivity contribution < 1.29 is 4.39 Å². The molecule has 2 N–H and O–H groups in total. The highest BCUT2D eigenvalue weighted by Crippen LogP contribution is 2.30. The largest absolute Gasteiger partial charge is 0.323 e. The SMILES string of the molecule is NC(Cc1ccn(C2CCCC2)n1)c1c(F)cccc1Br. The van der Waals surface area contributed by atoms with Crippen LogP contribution in [0.25, 0.3) is 0 Å². The summed E-state index contributed by atoms with van der Waals surface area (Å²) in [5, 5.41) is 4.62. The number of nitrogens with two attached hydrogens (primary N) is 1. The van der Waals surface area contributed by atoms with Crippen LogP contribution in [0.3, 0.4) is 0 Å². The van der Waals surface area contributed by atoms with Crippen molar-refractivity contribution in [2.75, 3.05) is 0 Å². The molecule has 2 aromatic rings. The minimum absolute atomic E-state index is 0.271. The maximum atomic E-state index is 13.9. The molecule has 0 aliphatic heterocycles. The van der Waals surface area contributed by atoms with Crippen molar-refractivity contribution in [1.29, 1.82) is 0 Å². The summed E-state index contributed by atoms with van der Waals surface area (Å²) in [5.41, 5.74) is 7.61. The Kier molecular flexibility index (Phi) is 4.40. The van der Waals surface area contributed by atoms with E-state index in [2.05, 4.69) is 21.0 Å². The smallest absolute Gasteiger partial charge is 0.129 e.